The van der Waals surface area contributed by atoms with E-state index in [1.807, 2.05) is 44.2 Å². The van der Waals surface area contributed by atoms with Gasteiger partial charge >= 0.3 is 6.18 Å². The zero-order chi connectivity index (χ0) is 34.2. The van der Waals surface area contributed by atoms with Gasteiger partial charge in [-0.3, -0.25) is 4.79 Å². The summed E-state index contributed by atoms with van der Waals surface area (Å²) >= 11 is 0. The molecule has 0 unspecified atom stereocenters. The van der Waals surface area contributed by atoms with E-state index in [1.54, 1.807) is 54.6 Å². The van der Waals surface area contributed by atoms with E-state index in [2.05, 4.69) is 10.6 Å². The van der Waals surface area contributed by atoms with Gasteiger partial charge in [0.1, 0.15) is 0 Å². The van der Waals surface area contributed by atoms with Crippen molar-refractivity contribution in [2.75, 3.05) is 17.1 Å². The van der Waals surface area contributed by atoms with Gasteiger partial charge in [0.25, 0.3) is 5.91 Å². The molecule has 250 valence electrons. The standard InChI is InChI=1S/C36H40F3N3O4S/c1-25(2)20-28-15-11-19-31(34(28)42(47(3,45)46)30-17-8-5-9-18-30)35(44)41-32(22-26-12-6-4-7-13-26)33(43)24-40-23-27-14-10-16-29(21-27)36(37,38)39/h4-19,21,25,32-33,40,43H,20,22-24H2,1-3H3,(H,41,44)/t32-,33+/m0/s1. The van der Waals surface area contributed by atoms with E-state index in [1.165, 1.54) is 10.4 Å². The Morgan fingerprint density at radius 2 is 1.47 bits per heavy atom. The number of rotatable bonds is 14. The number of benzene rings is 4. The van der Waals surface area contributed by atoms with E-state index >= 15 is 0 Å². The van der Waals surface area contributed by atoms with Crippen molar-refractivity contribution in [3.63, 3.8) is 0 Å². The maximum Gasteiger partial charge on any atom is 0.416 e. The Morgan fingerprint density at radius 1 is 0.851 bits per heavy atom. The minimum absolute atomic E-state index is 0.0340. The van der Waals surface area contributed by atoms with Gasteiger partial charge in [0.2, 0.25) is 10.0 Å². The van der Waals surface area contributed by atoms with Gasteiger partial charge in [-0.15, -0.1) is 0 Å². The second kappa shape index (κ2) is 15.6. The first kappa shape index (κ1) is 35.7. The van der Waals surface area contributed by atoms with Crippen LogP contribution in [0.15, 0.2) is 103 Å². The first-order chi connectivity index (χ1) is 22.2. The van der Waals surface area contributed by atoms with Gasteiger partial charge in [-0.2, -0.15) is 13.2 Å². The molecule has 4 rings (SSSR count). The molecule has 0 saturated heterocycles. The van der Waals surface area contributed by atoms with Crippen molar-refractivity contribution in [2.24, 2.45) is 5.92 Å². The SMILES string of the molecule is CC(C)Cc1cccc(C(=O)N[C@@H](Cc2ccccc2)[C@H](O)CNCc2cccc(C(F)(F)F)c2)c1N(c1ccccc1)S(C)(=O)=O. The number of nitrogens with zero attached hydrogens (tertiary/aromatic N) is 1. The molecule has 4 aromatic rings. The zero-order valence-electron chi connectivity index (χ0n) is 26.5. The molecule has 4 aromatic carbocycles. The summed E-state index contributed by atoms with van der Waals surface area (Å²) in [5, 5.41) is 17.3. The topological polar surface area (TPSA) is 98.7 Å². The minimum atomic E-state index is -4.47. The number of aliphatic hydroxyl groups excluding tert-OH is 1. The lowest BCUT2D eigenvalue weighted by Crippen LogP contribution is -2.49. The van der Waals surface area contributed by atoms with Crippen LogP contribution in [0.5, 0.6) is 0 Å². The van der Waals surface area contributed by atoms with Crippen molar-refractivity contribution in [3.8, 4) is 0 Å². The fourth-order valence-corrected chi connectivity index (χ4v) is 6.48. The highest BCUT2D eigenvalue weighted by molar-refractivity contribution is 7.92. The molecule has 0 radical (unpaired) electrons. The largest absolute Gasteiger partial charge is 0.416 e. The normalized spacial score (nSPS) is 13.3. The molecule has 3 N–H and O–H groups in total. The van der Waals surface area contributed by atoms with Crippen LogP contribution in [0.25, 0.3) is 0 Å². The summed E-state index contributed by atoms with van der Waals surface area (Å²) in [4.78, 5) is 14.1. The molecule has 0 heterocycles. The molecule has 0 aromatic heterocycles. The number of amides is 1. The molecule has 0 spiro atoms. The Balaban J connectivity index is 1.65. The monoisotopic (exact) mass is 667 g/mol. The number of hydrogen-bond donors (Lipinski definition) is 3. The number of aliphatic hydroxyl groups is 1. The molecule has 0 aliphatic rings. The number of hydrogen-bond acceptors (Lipinski definition) is 5. The zero-order valence-corrected chi connectivity index (χ0v) is 27.4. The van der Waals surface area contributed by atoms with Crippen LogP contribution >= 0.6 is 0 Å². The smallest absolute Gasteiger partial charge is 0.390 e. The number of para-hydroxylation sites is 2. The van der Waals surface area contributed by atoms with Crippen molar-refractivity contribution >= 4 is 27.3 Å². The molecule has 0 saturated carbocycles. The van der Waals surface area contributed by atoms with Gasteiger partial charge < -0.3 is 15.7 Å². The van der Waals surface area contributed by atoms with Crippen molar-refractivity contribution in [3.05, 3.63) is 131 Å². The highest BCUT2D eigenvalue weighted by Crippen LogP contribution is 2.36. The average molecular weight is 668 g/mol. The summed E-state index contributed by atoms with van der Waals surface area (Å²) in [6.45, 7) is 4.04. The Morgan fingerprint density at radius 3 is 2.09 bits per heavy atom. The lowest BCUT2D eigenvalue weighted by molar-refractivity contribution is -0.137. The molecule has 0 bridgehead atoms. The van der Waals surface area contributed by atoms with Crippen molar-refractivity contribution in [1.82, 2.24) is 10.6 Å². The first-order valence-electron chi connectivity index (χ1n) is 15.3. The molecule has 2 atom stereocenters. The summed E-state index contributed by atoms with van der Waals surface area (Å²) in [6.07, 6.45) is -3.78. The predicted molar refractivity (Wildman–Crippen MR) is 179 cm³/mol. The maximum atomic E-state index is 14.1. The summed E-state index contributed by atoms with van der Waals surface area (Å²) in [6, 6.07) is 27.0. The van der Waals surface area contributed by atoms with Crippen molar-refractivity contribution in [1.29, 1.82) is 0 Å². The van der Waals surface area contributed by atoms with Crippen LogP contribution in [0.3, 0.4) is 0 Å². The first-order valence-corrected chi connectivity index (χ1v) is 17.2. The van der Waals surface area contributed by atoms with Gasteiger partial charge in [-0.05, 0) is 59.7 Å². The number of anilines is 2. The van der Waals surface area contributed by atoms with Crippen LogP contribution in [-0.4, -0.2) is 44.4 Å². The number of nitrogens with one attached hydrogen (secondary N) is 2. The van der Waals surface area contributed by atoms with Crippen LogP contribution in [0, 0.1) is 5.92 Å². The van der Waals surface area contributed by atoms with E-state index in [9.17, 15) is 31.5 Å². The van der Waals surface area contributed by atoms with Crippen LogP contribution in [0.2, 0.25) is 0 Å². The van der Waals surface area contributed by atoms with E-state index in [0.29, 0.717) is 23.2 Å². The molecular formula is C36H40F3N3O4S. The number of halogens is 3. The lowest BCUT2D eigenvalue weighted by Gasteiger charge is -2.29. The Kier molecular flexibility index (Phi) is 11.8. The average Bonchev–Trinajstić information content (AvgIpc) is 3.01. The fraction of sp³-hybridized carbons (Fsp3) is 0.306. The molecule has 7 nitrogen and oxygen atoms in total. The van der Waals surface area contributed by atoms with Crippen molar-refractivity contribution in [2.45, 2.75) is 51.6 Å². The van der Waals surface area contributed by atoms with Crippen LogP contribution < -0.4 is 14.9 Å². The number of sulfonamides is 1. The number of carbonyl (C=O) groups is 1. The fourth-order valence-electron chi connectivity index (χ4n) is 5.43. The summed E-state index contributed by atoms with van der Waals surface area (Å²) in [7, 11) is -3.91. The van der Waals surface area contributed by atoms with E-state index in [-0.39, 0.29) is 36.7 Å². The lowest BCUT2D eigenvalue weighted by atomic mass is 9.96. The van der Waals surface area contributed by atoms with Crippen LogP contribution in [-0.2, 0) is 35.6 Å². The maximum absolute atomic E-state index is 14.1. The van der Waals surface area contributed by atoms with Gasteiger partial charge in [0, 0.05) is 13.1 Å². The molecule has 0 fully saturated rings. The van der Waals surface area contributed by atoms with Gasteiger partial charge in [0.15, 0.2) is 0 Å². The summed E-state index contributed by atoms with van der Waals surface area (Å²) in [5.74, 6) is -0.423. The van der Waals surface area contributed by atoms with Crippen molar-refractivity contribution < 1.29 is 31.5 Å². The molecule has 0 aliphatic heterocycles. The second-order valence-corrected chi connectivity index (χ2v) is 13.8. The third-order valence-corrected chi connectivity index (χ3v) is 8.59. The van der Waals surface area contributed by atoms with Gasteiger partial charge in [-0.1, -0.05) is 92.7 Å². The van der Waals surface area contributed by atoms with E-state index < -0.39 is 39.8 Å². The highest BCUT2D eigenvalue weighted by Gasteiger charge is 2.31. The Labute approximate surface area is 274 Å². The van der Waals surface area contributed by atoms with Crippen LogP contribution in [0.4, 0.5) is 24.5 Å². The number of alkyl halides is 3. The predicted octanol–water partition coefficient (Wildman–Crippen LogP) is 6.49. The van der Waals surface area contributed by atoms with Gasteiger partial charge in [-0.25, -0.2) is 12.7 Å². The second-order valence-electron chi connectivity index (χ2n) is 11.9. The Bertz CT molecular complexity index is 1730. The molecule has 47 heavy (non-hydrogen) atoms. The van der Waals surface area contributed by atoms with Gasteiger partial charge in [0.05, 0.1) is 40.9 Å². The highest BCUT2D eigenvalue weighted by atomic mass is 32.2. The minimum Gasteiger partial charge on any atom is -0.390 e. The third-order valence-electron chi connectivity index (χ3n) is 7.53. The molecule has 1 amide bonds. The molecular weight excluding hydrogens is 627 g/mol. The third kappa shape index (κ3) is 9.90. The Hall–Kier alpha value is -4.19. The summed E-state index contributed by atoms with van der Waals surface area (Å²) in [5.41, 5.74) is 1.88. The van der Waals surface area contributed by atoms with Crippen LogP contribution in [0.1, 0.15) is 46.5 Å². The summed E-state index contributed by atoms with van der Waals surface area (Å²) < 4.78 is 67.4. The van der Waals surface area contributed by atoms with E-state index in [4.69, 9.17) is 0 Å². The quantitative estimate of drug-likeness (QED) is 0.143. The molecule has 11 heteroatoms. The number of carbonyl (C=O) groups excluding carboxylic acids is 1. The van der Waals surface area contributed by atoms with E-state index in [0.717, 1.165) is 24.0 Å². The molecule has 0 aliphatic carbocycles.